The molecule has 5 heterocycles. The molecule has 1 aromatic carbocycles. The number of fused-ring (bicyclic) bond motifs is 5. The van der Waals surface area contributed by atoms with E-state index in [9.17, 15) is 14.4 Å². The van der Waals surface area contributed by atoms with Crippen LogP contribution in [0.4, 0.5) is 15.8 Å². The number of benzene rings is 1. The molecule has 12 heteroatoms. The van der Waals surface area contributed by atoms with Gasteiger partial charge in [0, 0.05) is 36.8 Å². The number of carbonyl (C=O) groups is 2. The maximum Gasteiger partial charge on any atom is 0.283 e. The molecule has 9 nitrogen and oxygen atoms in total. The Morgan fingerprint density at radius 2 is 1.84 bits per heavy atom. The number of rotatable bonds is 4. The van der Waals surface area contributed by atoms with Crippen LogP contribution in [0.25, 0.3) is 28.0 Å². The van der Waals surface area contributed by atoms with Gasteiger partial charge in [0.15, 0.2) is 5.82 Å². The molecule has 2 aliphatic heterocycles. The molecule has 0 aliphatic carbocycles. The second kappa shape index (κ2) is 11.3. The van der Waals surface area contributed by atoms with Gasteiger partial charge < -0.3 is 14.7 Å². The number of piperazine rings is 1. The SMILES string of the molecule is C=CC(=O)N1C[C@@H]2C(=O)N(C)c3c(c4cc(Cl)c(-c5cccc(Cl)c5F)nc4n(-c4c(C)ccnc4C(C)C)c3=O)N2C[C@H]1C. The Labute approximate surface area is 269 Å². The molecule has 2 amide bonds. The normalized spacial score (nSPS) is 18.0. The van der Waals surface area contributed by atoms with E-state index in [1.54, 1.807) is 36.3 Å². The summed E-state index contributed by atoms with van der Waals surface area (Å²) in [4.78, 5) is 55.7. The van der Waals surface area contributed by atoms with E-state index in [1.807, 2.05) is 32.6 Å². The van der Waals surface area contributed by atoms with Crippen LogP contribution < -0.4 is 15.4 Å². The third-order valence-corrected chi connectivity index (χ3v) is 9.20. The molecule has 45 heavy (non-hydrogen) atoms. The van der Waals surface area contributed by atoms with Crippen molar-refractivity contribution >= 4 is 57.4 Å². The molecule has 4 aromatic rings. The van der Waals surface area contributed by atoms with E-state index in [4.69, 9.17) is 28.2 Å². The fraction of sp³-hybridized carbons (Fsp3) is 0.303. The van der Waals surface area contributed by atoms with E-state index in [2.05, 4.69) is 11.6 Å². The van der Waals surface area contributed by atoms with Crippen LogP contribution in [-0.2, 0) is 9.59 Å². The van der Waals surface area contributed by atoms with Crippen molar-refractivity contribution in [2.24, 2.45) is 0 Å². The molecular formula is C33H31Cl2FN6O3. The summed E-state index contributed by atoms with van der Waals surface area (Å²) in [6, 6.07) is 6.94. The smallest absolute Gasteiger partial charge is 0.283 e. The number of pyridine rings is 3. The van der Waals surface area contributed by atoms with Crippen molar-refractivity contribution in [2.75, 3.05) is 29.9 Å². The van der Waals surface area contributed by atoms with Gasteiger partial charge in [-0.15, -0.1) is 0 Å². The van der Waals surface area contributed by atoms with Gasteiger partial charge in [0.05, 0.1) is 39.4 Å². The van der Waals surface area contributed by atoms with E-state index in [0.29, 0.717) is 22.5 Å². The monoisotopic (exact) mass is 648 g/mol. The lowest BCUT2D eigenvalue weighted by atomic mass is 9.98. The first-order valence-electron chi connectivity index (χ1n) is 14.5. The Kier molecular flexibility index (Phi) is 7.69. The minimum absolute atomic E-state index is 0.0740. The van der Waals surface area contributed by atoms with Gasteiger partial charge in [0.1, 0.15) is 17.4 Å². The number of nitrogens with zero attached hydrogens (tertiary/aromatic N) is 6. The summed E-state index contributed by atoms with van der Waals surface area (Å²) in [5.74, 6) is -1.38. The van der Waals surface area contributed by atoms with Crippen LogP contribution in [0, 0.1) is 12.7 Å². The van der Waals surface area contributed by atoms with E-state index in [0.717, 1.165) is 5.56 Å². The summed E-state index contributed by atoms with van der Waals surface area (Å²) in [6.45, 7) is 11.7. The summed E-state index contributed by atoms with van der Waals surface area (Å²) in [5, 5.41) is 0.522. The predicted octanol–water partition coefficient (Wildman–Crippen LogP) is 5.89. The van der Waals surface area contributed by atoms with Gasteiger partial charge in [-0.25, -0.2) is 9.37 Å². The zero-order chi connectivity index (χ0) is 32.5. The second-order valence-corrected chi connectivity index (χ2v) is 12.6. The quantitative estimate of drug-likeness (QED) is 0.256. The number of anilines is 2. The van der Waals surface area contributed by atoms with Gasteiger partial charge in [0.25, 0.3) is 11.5 Å². The first-order chi connectivity index (χ1) is 21.4. The highest BCUT2D eigenvalue weighted by Crippen LogP contribution is 2.44. The molecule has 232 valence electrons. The van der Waals surface area contributed by atoms with Crippen LogP contribution in [0.2, 0.25) is 10.0 Å². The largest absolute Gasteiger partial charge is 0.354 e. The van der Waals surface area contributed by atoms with Crippen LogP contribution in [0.15, 0.2) is 54.0 Å². The van der Waals surface area contributed by atoms with Crippen molar-refractivity contribution in [1.29, 1.82) is 0 Å². The minimum atomic E-state index is -0.767. The Morgan fingerprint density at radius 3 is 2.53 bits per heavy atom. The third-order valence-electron chi connectivity index (χ3n) is 8.62. The molecule has 2 aliphatic rings. The average Bonchev–Trinajstić information content (AvgIpc) is 3.00. The minimum Gasteiger partial charge on any atom is -0.354 e. The Balaban J connectivity index is 1.75. The topological polar surface area (TPSA) is 91.6 Å². The molecule has 0 radical (unpaired) electrons. The number of likely N-dealkylation sites (N-methyl/N-ethyl adjacent to an activating group) is 1. The zero-order valence-electron chi connectivity index (χ0n) is 25.4. The highest BCUT2D eigenvalue weighted by molar-refractivity contribution is 6.34. The molecule has 0 bridgehead atoms. The molecule has 0 unspecified atom stereocenters. The summed E-state index contributed by atoms with van der Waals surface area (Å²) >= 11 is 13.0. The fourth-order valence-electron chi connectivity index (χ4n) is 6.41. The molecule has 0 saturated carbocycles. The third kappa shape index (κ3) is 4.69. The maximum atomic E-state index is 15.4. The lowest BCUT2D eigenvalue weighted by Gasteiger charge is -2.49. The van der Waals surface area contributed by atoms with Crippen LogP contribution in [-0.4, -0.2) is 63.5 Å². The molecule has 0 spiro atoms. The first kappa shape index (κ1) is 30.7. The molecule has 1 saturated heterocycles. The molecular weight excluding hydrogens is 618 g/mol. The lowest BCUT2D eigenvalue weighted by molar-refractivity contribution is -0.130. The lowest BCUT2D eigenvalue weighted by Crippen LogP contribution is -2.66. The van der Waals surface area contributed by atoms with Crippen molar-refractivity contribution in [3.8, 4) is 16.9 Å². The zero-order valence-corrected chi connectivity index (χ0v) is 26.9. The second-order valence-electron chi connectivity index (χ2n) is 11.8. The van der Waals surface area contributed by atoms with Gasteiger partial charge >= 0.3 is 0 Å². The number of carbonyl (C=O) groups excluding carboxylic acids is 2. The summed E-state index contributed by atoms with van der Waals surface area (Å²) < 4.78 is 16.8. The summed E-state index contributed by atoms with van der Waals surface area (Å²) in [6.07, 6.45) is 2.91. The molecule has 6 rings (SSSR count). The summed E-state index contributed by atoms with van der Waals surface area (Å²) in [7, 11) is 1.55. The van der Waals surface area contributed by atoms with E-state index < -0.39 is 17.4 Å². The maximum absolute atomic E-state index is 15.4. The van der Waals surface area contributed by atoms with Gasteiger partial charge in [-0.3, -0.25) is 23.9 Å². The average molecular weight is 650 g/mol. The number of aryl methyl sites for hydroxylation is 1. The number of hydrogen-bond acceptors (Lipinski definition) is 6. The van der Waals surface area contributed by atoms with Crippen LogP contribution in [0.1, 0.15) is 37.9 Å². The molecule has 2 atom stereocenters. The highest BCUT2D eigenvalue weighted by Gasteiger charge is 2.46. The van der Waals surface area contributed by atoms with Crippen molar-refractivity contribution in [3.05, 3.63) is 86.7 Å². The van der Waals surface area contributed by atoms with Crippen molar-refractivity contribution in [2.45, 2.75) is 45.7 Å². The van der Waals surface area contributed by atoms with Gasteiger partial charge in [-0.05, 0) is 55.7 Å². The predicted molar refractivity (Wildman–Crippen MR) is 175 cm³/mol. The van der Waals surface area contributed by atoms with Crippen molar-refractivity contribution in [1.82, 2.24) is 19.4 Å². The van der Waals surface area contributed by atoms with Crippen LogP contribution in [0.5, 0.6) is 0 Å². The highest BCUT2D eigenvalue weighted by atomic mass is 35.5. The van der Waals surface area contributed by atoms with Gasteiger partial charge in [-0.1, -0.05) is 49.7 Å². The van der Waals surface area contributed by atoms with Crippen LogP contribution >= 0.6 is 23.2 Å². The Hall–Kier alpha value is -4.28. The van der Waals surface area contributed by atoms with E-state index in [-0.39, 0.29) is 69.5 Å². The first-order valence-corrected chi connectivity index (χ1v) is 15.3. The van der Waals surface area contributed by atoms with Crippen molar-refractivity contribution < 1.29 is 14.0 Å². The number of halogens is 3. The van der Waals surface area contributed by atoms with Crippen molar-refractivity contribution in [3.63, 3.8) is 0 Å². The number of aromatic nitrogens is 3. The Bertz CT molecular complexity index is 1990. The van der Waals surface area contributed by atoms with E-state index >= 15 is 4.39 Å². The number of hydrogen-bond donors (Lipinski definition) is 0. The van der Waals surface area contributed by atoms with E-state index in [1.165, 1.54) is 27.7 Å². The van der Waals surface area contributed by atoms with Crippen LogP contribution in [0.3, 0.4) is 0 Å². The fourth-order valence-corrected chi connectivity index (χ4v) is 6.84. The number of amides is 2. The summed E-state index contributed by atoms with van der Waals surface area (Å²) in [5.41, 5.74) is 2.47. The van der Waals surface area contributed by atoms with Gasteiger partial charge in [-0.2, -0.15) is 0 Å². The molecule has 0 N–H and O–H groups in total. The standard InChI is InChI=1S/C33H31Cl2FN6O3/c1-7-24(43)40-15-23-32(44)39(6)30-29(41(23)14-18(40)5)20-13-22(35)27(19-9-8-10-21(34)25(19)36)38-31(20)42(33(30)45)28-17(4)11-12-37-26(28)16(2)3/h7-13,16,18,23H,1,14-15H2,2-6H3/t18-,23-/m1/s1. The Morgan fingerprint density at radius 1 is 1.11 bits per heavy atom. The molecule has 3 aromatic heterocycles. The molecule has 1 fully saturated rings. The van der Waals surface area contributed by atoms with Gasteiger partial charge in [0.2, 0.25) is 5.91 Å².